The predicted molar refractivity (Wildman–Crippen MR) is 54.6 cm³/mol. The number of hydrogen-bond donors (Lipinski definition) is 1. The molecule has 0 bridgehead atoms. The van der Waals surface area contributed by atoms with Gasteiger partial charge in [-0.25, -0.2) is 10.2 Å². The number of nitrogens with one attached hydrogen (secondary N) is 1. The number of amides is 1. The van der Waals surface area contributed by atoms with E-state index in [-0.39, 0.29) is 5.56 Å². The maximum atomic E-state index is 12.5. The number of benzene rings is 1. The minimum atomic E-state index is -4.46. The molecule has 0 spiro atoms. The van der Waals surface area contributed by atoms with Gasteiger partial charge in [0.1, 0.15) is 0 Å². The van der Waals surface area contributed by atoms with Gasteiger partial charge >= 0.3 is 12.3 Å². The molecule has 0 aromatic heterocycles. The van der Waals surface area contributed by atoms with Crippen molar-refractivity contribution in [3.8, 4) is 0 Å². The number of alkyl halides is 3. The van der Waals surface area contributed by atoms with Gasteiger partial charge in [0.25, 0.3) is 0 Å². The zero-order valence-electron chi connectivity index (χ0n) is 8.78. The summed E-state index contributed by atoms with van der Waals surface area (Å²) < 4.78 is 41.8. The van der Waals surface area contributed by atoms with Crippen LogP contribution in [0.4, 0.5) is 18.0 Å². The van der Waals surface area contributed by atoms with E-state index < -0.39 is 17.8 Å². The van der Waals surface area contributed by atoms with Gasteiger partial charge in [-0.3, -0.25) is 0 Å². The summed E-state index contributed by atoms with van der Waals surface area (Å²) in [6.07, 6.45) is -4.42. The molecule has 0 saturated heterocycles. The average molecular weight is 246 g/mol. The number of ether oxygens (including phenoxy) is 1. The Hall–Kier alpha value is -2.05. The van der Waals surface area contributed by atoms with Gasteiger partial charge in [0.2, 0.25) is 0 Å². The second-order valence-electron chi connectivity index (χ2n) is 2.95. The van der Waals surface area contributed by atoms with Crippen molar-refractivity contribution in [2.45, 2.75) is 6.18 Å². The molecule has 1 aromatic rings. The molecule has 92 valence electrons. The summed E-state index contributed by atoms with van der Waals surface area (Å²) in [5.41, 5.74) is 0.935. The van der Waals surface area contributed by atoms with Crippen LogP contribution in [0.1, 0.15) is 11.1 Å². The van der Waals surface area contributed by atoms with Crippen molar-refractivity contribution in [1.82, 2.24) is 5.43 Å². The lowest BCUT2D eigenvalue weighted by atomic mass is 10.1. The van der Waals surface area contributed by atoms with Gasteiger partial charge in [-0.15, -0.1) is 0 Å². The van der Waals surface area contributed by atoms with Crippen molar-refractivity contribution in [3.05, 3.63) is 35.4 Å². The van der Waals surface area contributed by atoms with Gasteiger partial charge in [0.15, 0.2) is 0 Å². The molecular weight excluding hydrogens is 237 g/mol. The van der Waals surface area contributed by atoms with Crippen LogP contribution in [0.5, 0.6) is 0 Å². The van der Waals surface area contributed by atoms with Gasteiger partial charge in [0, 0.05) is 5.56 Å². The van der Waals surface area contributed by atoms with Crippen LogP contribution < -0.4 is 5.43 Å². The second kappa shape index (κ2) is 5.33. The summed E-state index contributed by atoms with van der Waals surface area (Å²) in [6, 6.07) is 4.88. The van der Waals surface area contributed by atoms with Crippen molar-refractivity contribution in [2.75, 3.05) is 7.11 Å². The lowest BCUT2D eigenvalue weighted by Crippen LogP contribution is -2.17. The van der Waals surface area contributed by atoms with E-state index in [0.717, 1.165) is 19.4 Å². The van der Waals surface area contributed by atoms with Crippen molar-refractivity contribution >= 4 is 12.3 Å². The number of methoxy groups -OCH3 is 1. The van der Waals surface area contributed by atoms with Crippen molar-refractivity contribution in [1.29, 1.82) is 0 Å². The fourth-order valence-electron chi connectivity index (χ4n) is 1.07. The van der Waals surface area contributed by atoms with E-state index in [9.17, 15) is 18.0 Å². The van der Waals surface area contributed by atoms with Crippen LogP contribution in [0.2, 0.25) is 0 Å². The highest BCUT2D eigenvalue weighted by molar-refractivity contribution is 5.83. The molecule has 0 aliphatic carbocycles. The van der Waals surface area contributed by atoms with E-state index in [2.05, 4.69) is 9.84 Å². The highest BCUT2D eigenvalue weighted by Gasteiger charge is 2.32. The molecule has 0 fully saturated rings. The van der Waals surface area contributed by atoms with E-state index in [1.807, 2.05) is 5.43 Å². The Bertz CT molecular complexity index is 430. The molecule has 7 heteroatoms. The summed E-state index contributed by atoms with van der Waals surface area (Å²) in [5.74, 6) is 0. The SMILES string of the molecule is COC(=O)N/N=C\c1ccccc1C(F)(F)F. The van der Waals surface area contributed by atoms with E-state index in [4.69, 9.17) is 0 Å². The number of carbonyl (C=O) groups is 1. The third-order valence-electron chi connectivity index (χ3n) is 1.81. The molecule has 0 radical (unpaired) electrons. The smallest absolute Gasteiger partial charge is 0.427 e. The third kappa shape index (κ3) is 3.78. The van der Waals surface area contributed by atoms with Gasteiger partial charge < -0.3 is 4.74 Å². The Labute approximate surface area is 95.1 Å². The summed E-state index contributed by atoms with van der Waals surface area (Å²) in [7, 11) is 1.12. The Morgan fingerprint density at radius 3 is 2.65 bits per heavy atom. The zero-order chi connectivity index (χ0) is 12.9. The number of hydrazone groups is 1. The molecular formula is C10H9F3N2O2. The molecule has 1 N–H and O–H groups in total. The first-order valence-electron chi connectivity index (χ1n) is 4.48. The molecule has 1 aromatic carbocycles. The number of halogens is 3. The van der Waals surface area contributed by atoms with Crippen LogP contribution in [0.3, 0.4) is 0 Å². The molecule has 0 saturated carbocycles. The molecule has 0 heterocycles. The van der Waals surface area contributed by atoms with Crippen LogP contribution in [0.25, 0.3) is 0 Å². The number of nitrogens with zero attached hydrogens (tertiary/aromatic N) is 1. The van der Waals surface area contributed by atoms with E-state index in [0.29, 0.717) is 0 Å². The molecule has 0 atom stereocenters. The first-order chi connectivity index (χ1) is 7.95. The fourth-order valence-corrected chi connectivity index (χ4v) is 1.07. The molecule has 0 aliphatic rings. The number of hydrogen-bond acceptors (Lipinski definition) is 3. The van der Waals surface area contributed by atoms with Crippen LogP contribution in [0.15, 0.2) is 29.4 Å². The normalized spacial score (nSPS) is 11.5. The van der Waals surface area contributed by atoms with Crippen LogP contribution in [-0.2, 0) is 10.9 Å². The minimum absolute atomic E-state index is 0.142. The number of carbonyl (C=O) groups excluding carboxylic acids is 1. The average Bonchev–Trinajstić information content (AvgIpc) is 2.28. The first kappa shape index (κ1) is 13.0. The highest BCUT2D eigenvalue weighted by Crippen LogP contribution is 2.30. The summed E-state index contributed by atoms with van der Waals surface area (Å²) in [6.45, 7) is 0. The Morgan fingerprint density at radius 1 is 1.41 bits per heavy atom. The van der Waals surface area contributed by atoms with Gasteiger partial charge in [-0.05, 0) is 6.07 Å². The Kier molecular flexibility index (Phi) is 4.08. The van der Waals surface area contributed by atoms with Crippen LogP contribution in [-0.4, -0.2) is 19.4 Å². The quantitative estimate of drug-likeness (QED) is 0.643. The molecule has 17 heavy (non-hydrogen) atoms. The summed E-state index contributed by atoms with van der Waals surface area (Å²) >= 11 is 0. The second-order valence-corrected chi connectivity index (χ2v) is 2.95. The summed E-state index contributed by atoms with van der Waals surface area (Å²) in [5, 5.41) is 3.34. The minimum Gasteiger partial charge on any atom is -0.452 e. The van der Waals surface area contributed by atoms with Crippen molar-refractivity contribution in [3.63, 3.8) is 0 Å². The lowest BCUT2D eigenvalue weighted by Gasteiger charge is -2.08. The van der Waals surface area contributed by atoms with Crippen molar-refractivity contribution < 1.29 is 22.7 Å². The zero-order valence-corrected chi connectivity index (χ0v) is 8.78. The summed E-state index contributed by atoms with van der Waals surface area (Å²) in [4.78, 5) is 10.6. The predicted octanol–water partition coefficient (Wildman–Crippen LogP) is 2.40. The Balaban J connectivity index is 2.88. The monoisotopic (exact) mass is 246 g/mol. The topological polar surface area (TPSA) is 50.7 Å². The third-order valence-corrected chi connectivity index (χ3v) is 1.81. The van der Waals surface area contributed by atoms with E-state index in [1.54, 1.807) is 0 Å². The molecule has 0 unspecified atom stereocenters. The highest BCUT2D eigenvalue weighted by atomic mass is 19.4. The van der Waals surface area contributed by atoms with Gasteiger partial charge in [0.05, 0.1) is 18.9 Å². The van der Waals surface area contributed by atoms with Gasteiger partial charge in [-0.2, -0.15) is 18.3 Å². The standard InChI is InChI=1S/C10H9F3N2O2/c1-17-9(16)15-14-6-7-4-2-3-5-8(7)10(11,12)13/h2-6H,1H3,(H,15,16)/b14-6-. The fraction of sp³-hybridized carbons (Fsp3) is 0.200. The van der Waals surface area contributed by atoms with Crippen molar-refractivity contribution in [2.24, 2.45) is 5.10 Å². The first-order valence-corrected chi connectivity index (χ1v) is 4.48. The Morgan fingerprint density at radius 2 is 2.06 bits per heavy atom. The molecule has 1 amide bonds. The largest absolute Gasteiger partial charge is 0.452 e. The molecule has 1 rings (SSSR count). The molecule has 4 nitrogen and oxygen atoms in total. The maximum Gasteiger partial charge on any atom is 0.427 e. The van der Waals surface area contributed by atoms with E-state index in [1.165, 1.54) is 18.2 Å². The lowest BCUT2D eigenvalue weighted by molar-refractivity contribution is -0.137. The number of rotatable bonds is 2. The van der Waals surface area contributed by atoms with Crippen LogP contribution in [0, 0.1) is 0 Å². The van der Waals surface area contributed by atoms with E-state index >= 15 is 0 Å². The van der Waals surface area contributed by atoms with Crippen LogP contribution >= 0.6 is 0 Å². The molecule has 0 aliphatic heterocycles. The maximum absolute atomic E-state index is 12.5. The van der Waals surface area contributed by atoms with Gasteiger partial charge in [-0.1, -0.05) is 18.2 Å².